The zero-order valence-electron chi connectivity index (χ0n) is 16.8. The van der Waals surface area contributed by atoms with E-state index in [2.05, 4.69) is 29.4 Å². The van der Waals surface area contributed by atoms with Gasteiger partial charge in [0.25, 0.3) is 5.91 Å². The van der Waals surface area contributed by atoms with Crippen LogP contribution in [0.25, 0.3) is 22.4 Å². The topological polar surface area (TPSA) is 66.6 Å². The molecule has 0 fully saturated rings. The number of hydrogen-bond donors (Lipinski definition) is 1. The SMILES string of the molecule is CC(C)CC(O)C(=O)N1CCc2onc(-c3ccc(-c4ccccc4)cc3)c2C1. The van der Waals surface area contributed by atoms with E-state index in [9.17, 15) is 9.90 Å². The molecule has 4 rings (SSSR count). The van der Waals surface area contributed by atoms with Crippen LogP contribution in [-0.2, 0) is 17.8 Å². The third-order valence-corrected chi connectivity index (χ3v) is 5.38. The number of fused-ring (bicyclic) bond motifs is 1. The van der Waals surface area contributed by atoms with Gasteiger partial charge in [-0.25, -0.2) is 0 Å². The third-order valence-electron chi connectivity index (χ3n) is 5.38. The Labute approximate surface area is 171 Å². The third kappa shape index (κ3) is 4.10. The second kappa shape index (κ2) is 8.21. The molecule has 0 bridgehead atoms. The van der Waals surface area contributed by atoms with E-state index in [1.807, 2.05) is 44.2 Å². The van der Waals surface area contributed by atoms with Crippen molar-refractivity contribution < 1.29 is 14.4 Å². The molecule has 0 spiro atoms. The minimum Gasteiger partial charge on any atom is -0.383 e. The Morgan fingerprint density at radius 3 is 2.41 bits per heavy atom. The summed E-state index contributed by atoms with van der Waals surface area (Å²) in [5, 5.41) is 14.5. The maximum atomic E-state index is 12.6. The van der Waals surface area contributed by atoms with Crippen LogP contribution in [0, 0.1) is 5.92 Å². The molecule has 1 atom stereocenters. The van der Waals surface area contributed by atoms with Crippen LogP contribution in [0.15, 0.2) is 59.1 Å². The summed E-state index contributed by atoms with van der Waals surface area (Å²) in [7, 11) is 0. The number of hydrogen-bond acceptors (Lipinski definition) is 4. The lowest BCUT2D eigenvalue weighted by molar-refractivity contribution is -0.142. The summed E-state index contributed by atoms with van der Waals surface area (Å²) in [5.74, 6) is 0.883. The molecule has 1 aromatic heterocycles. The first kappa shape index (κ1) is 19.4. The first-order valence-corrected chi connectivity index (χ1v) is 10.1. The lowest BCUT2D eigenvalue weighted by Gasteiger charge is -2.28. The number of carbonyl (C=O) groups excluding carboxylic acids is 1. The zero-order chi connectivity index (χ0) is 20.4. The van der Waals surface area contributed by atoms with Crippen LogP contribution >= 0.6 is 0 Å². The molecule has 0 saturated carbocycles. The van der Waals surface area contributed by atoms with Gasteiger partial charge >= 0.3 is 0 Å². The fraction of sp³-hybridized carbons (Fsp3) is 0.333. The molecule has 1 unspecified atom stereocenters. The van der Waals surface area contributed by atoms with Crippen molar-refractivity contribution in [1.82, 2.24) is 10.1 Å². The van der Waals surface area contributed by atoms with Crippen LogP contribution in [0.1, 0.15) is 31.6 Å². The Morgan fingerprint density at radius 1 is 1.07 bits per heavy atom. The van der Waals surface area contributed by atoms with E-state index in [4.69, 9.17) is 4.52 Å². The van der Waals surface area contributed by atoms with Gasteiger partial charge in [0.05, 0.1) is 6.54 Å². The molecule has 29 heavy (non-hydrogen) atoms. The summed E-state index contributed by atoms with van der Waals surface area (Å²) in [6.45, 7) is 4.97. The highest BCUT2D eigenvalue weighted by molar-refractivity contribution is 5.81. The van der Waals surface area contributed by atoms with Crippen LogP contribution < -0.4 is 0 Å². The number of rotatable bonds is 5. The average molecular weight is 390 g/mol. The minimum absolute atomic E-state index is 0.212. The van der Waals surface area contributed by atoms with Crippen molar-refractivity contribution >= 4 is 5.91 Å². The van der Waals surface area contributed by atoms with E-state index in [0.717, 1.165) is 33.7 Å². The van der Waals surface area contributed by atoms with Gasteiger partial charge in [-0.3, -0.25) is 4.79 Å². The molecule has 2 heterocycles. The van der Waals surface area contributed by atoms with Crippen molar-refractivity contribution in [3.63, 3.8) is 0 Å². The van der Waals surface area contributed by atoms with E-state index in [-0.39, 0.29) is 11.8 Å². The summed E-state index contributed by atoms with van der Waals surface area (Å²) in [4.78, 5) is 14.4. The van der Waals surface area contributed by atoms with Crippen LogP contribution in [0.2, 0.25) is 0 Å². The molecule has 0 radical (unpaired) electrons. The standard InChI is InChI=1S/C24H26N2O3/c1-16(2)14-21(27)24(28)26-13-12-22-20(15-26)23(25-29-22)19-10-8-18(9-11-19)17-6-4-3-5-7-17/h3-11,16,21,27H,12-15H2,1-2H3. The van der Waals surface area contributed by atoms with Crippen LogP contribution in [-0.4, -0.2) is 33.7 Å². The molecule has 5 heteroatoms. The quantitative estimate of drug-likeness (QED) is 0.705. The Bertz CT molecular complexity index is 977. The van der Waals surface area contributed by atoms with Crippen molar-refractivity contribution in [1.29, 1.82) is 0 Å². The van der Waals surface area contributed by atoms with Gasteiger partial charge in [-0.2, -0.15) is 0 Å². The number of benzene rings is 2. The van der Waals surface area contributed by atoms with E-state index in [0.29, 0.717) is 25.9 Å². The highest BCUT2D eigenvalue weighted by Crippen LogP contribution is 2.31. The summed E-state index contributed by atoms with van der Waals surface area (Å²) < 4.78 is 5.56. The number of nitrogens with zero attached hydrogens (tertiary/aromatic N) is 2. The molecule has 3 aromatic rings. The minimum atomic E-state index is -0.954. The van der Waals surface area contributed by atoms with Crippen molar-refractivity contribution in [2.75, 3.05) is 6.54 Å². The summed E-state index contributed by atoms with van der Waals surface area (Å²) in [6.07, 6.45) is 0.134. The molecule has 1 aliphatic rings. The fourth-order valence-corrected chi connectivity index (χ4v) is 3.83. The largest absolute Gasteiger partial charge is 0.383 e. The fourth-order valence-electron chi connectivity index (χ4n) is 3.83. The number of amides is 1. The summed E-state index contributed by atoms with van der Waals surface area (Å²) >= 11 is 0. The Balaban J connectivity index is 1.55. The van der Waals surface area contributed by atoms with Gasteiger partial charge in [0.1, 0.15) is 17.6 Å². The van der Waals surface area contributed by atoms with Gasteiger partial charge < -0.3 is 14.5 Å². The monoisotopic (exact) mass is 390 g/mol. The van der Waals surface area contributed by atoms with Gasteiger partial charge in [-0.05, 0) is 23.5 Å². The van der Waals surface area contributed by atoms with Crippen LogP contribution in [0.4, 0.5) is 0 Å². The van der Waals surface area contributed by atoms with Crippen LogP contribution in [0.5, 0.6) is 0 Å². The molecule has 0 saturated heterocycles. The van der Waals surface area contributed by atoms with E-state index in [1.165, 1.54) is 0 Å². The molecule has 0 aliphatic carbocycles. The average Bonchev–Trinajstić information content (AvgIpc) is 3.16. The first-order valence-electron chi connectivity index (χ1n) is 10.1. The zero-order valence-corrected chi connectivity index (χ0v) is 16.8. The van der Waals surface area contributed by atoms with Gasteiger partial charge in [0.2, 0.25) is 0 Å². The second-order valence-corrected chi connectivity index (χ2v) is 8.03. The maximum absolute atomic E-state index is 12.6. The lowest BCUT2D eigenvalue weighted by atomic mass is 9.98. The van der Waals surface area contributed by atoms with Crippen LogP contribution in [0.3, 0.4) is 0 Å². The van der Waals surface area contributed by atoms with Crippen molar-refractivity contribution in [2.24, 2.45) is 5.92 Å². The number of aromatic nitrogens is 1. The highest BCUT2D eigenvalue weighted by Gasteiger charge is 2.30. The van der Waals surface area contributed by atoms with E-state index in [1.54, 1.807) is 4.90 Å². The molecule has 150 valence electrons. The van der Waals surface area contributed by atoms with Gasteiger partial charge in [0.15, 0.2) is 0 Å². The highest BCUT2D eigenvalue weighted by atomic mass is 16.5. The molecule has 1 amide bonds. The van der Waals surface area contributed by atoms with E-state index < -0.39 is 6.10 Å². The number of aliphatic hydroxyl groups is 1. The molecule has 5 nitrogen and oxygen atoms in total. The van der Waals surface area contributed by atoms with Crippen molar-refractivity contribution in [3.05, 3.63) is 65.9 Å². The maximum Gasteiger partial charge on any atom is 0.251 e. The molecule has 2 aromatic carbocycles. The normalized spacial score (nSPS) is 14.7. The smallest absolute Gasteiger partial charge is 0.251 e. The first-order chi connectivity index (χ1) is 14.0. The summed E-state index contributed by atoms with van der Waals surface area (Å²) in [6, 6.07) is 18.4. The number of aliphatic hydroxyl groups excluding tert-OH is 1. The van der Waals surface area contributed by atoms with Gasteiger partial charge in [0, 0.05) is 24.1 Å². The molecular weight excluding hydrogens is 364 g/mol. The predicted molar refractivity (Wildman–Crippen MR) is 112 cm³/mol. The Morgan fingerprint density at radius 2 is 1.72 bits per heavy atom. The molecular formula is C24H26N2O3. The Hall–Kier alpha value is -2.92. The van der Waals surface area contributed by atoms with Gasteiger partial charge in [-0.15, -0.1) is 0 Å². The Kier molecular flexibility index (Phi) is 5.49. The van der Waals surface area contributed by atoms with Crippen molar-refractivity contribution in [3.8, 4) is 22.4 Å². The molecule has 1 N–H and O–H groups in total. The van der Waals surface area contributed by atoms with Gasteiger partial charge in [-0.1, -0.05) is 73.6 Å². The lowest BCUT2D eigenvalue weighted by Crippen LogP contribution is -2.42. The predicted octanol–water partition coefficient (Wildman–Crippen LogP) is 4.30. The van der Waals surface area contributed by atoms with Crippen molar-refractivity contribution in [2.45, 2.75) is 39.3 Å². The van der Waals surface area contributed by atoms with E-state index >= 15 is 0 Å². The molecule has 1 aliphatic heterocycles. The summed E-state index contributed by atoms with van der Waals surface area (Å²) in [5.41, 5.74) is 4.98. The second-order valence-electron chi connectivity index (χ2n) is 8.03. The number of carbonyl (C=O) groups is 1.